The Labute approximate surface area is 74.0 Å². The Kier molecular flexibility index (Phi) is 4.17. The van der Waals surface area contributed by atoms with E-state index >= 15 is 0 Å². The van der Waals surface area contributed by atoms with E-state index in [4.69, 9.17) is 15.3 Å². The molecule has 0 radical (unpaired) electrons. The van der Waals surface area contributed by atoms with Crippen LogP contribution in [0.4, 0.5) is 0 Å². The van der Waals surface area contributed by atoms with E-state index in [-0.39, 0.29) is 25.2 Å². The summed E-state index contributed by atoms with van der Waals surface area (Å²) >= 11 is 0. The Morgan fingerprint density at radius 1 is 0.917 bits per heavy atom. The van der Waals surface area contributed by atoms with Crippen LogP contribution >= 0.6 is 0 Å². The summed E-state index contributed by atoms with van der Waals surface area (Å²) in [6, 6.07) is 0. The normalized spacial score (nSPS) is 13.5. The maximum atomic E-state index is 9.12. The maximum absolute atomic E-state index is 9.12. The quantitative estimate of drug-likeness (QED) is 0.567. The van der Waals surface area contributed by atoms with Crippen LogP contribution in [0.25, 0.3) is 0 Å². The van der Waals surface area contributed by atoms with Gasteiger partial charge in [0.25, 0.3) is 0 Å². The second-order valence-electron chi connectivity index (χ2n) is 3.99. The minimum absolute atomic E-state index is 0.180. The van der Waals surface area contributed by atoms with Gasteiger partial charge in [0.1, 0.15) is 0 Å². The van der Waals surface area contributed by atoms with Crippen LogP contribution in [0.1, 0.15) is 27.2 Å². The molecule has 0 aliphatic heterocycles. The molecule has 0 aliphatic carbocycles. The van der Waals surface area contributed by atoms with Crippen LogP contribution in [0.5, 0.6) is 0 Å². The SMILES string of the molecule is CCC(C)(C)C(CO)(CO)CO. The Hall–Kier alpha value is -0.120. The van der Waals surface area contributed by atoms with E-state index in [1.54, 1.807) is 0 Å². The van der Waals surface area contributed by atoms with E-state index in [2.05, 4.69) is 0 Å². The van der Waals surface area contributed by atoms with Gasteiger partial charge in [-0.05, 0) is 5.41 Å². The molecule has 0 aromatic carbocycles. The number of aliphatic hydroxyl groups is 3. The molecule has 74 valence electrons. The van der Waals surface area contributed by atoms with Crippen molar-refractivity contribution in [1.29, 1.82) is 0 Å². The van der Waals surface area contributed by atoms with E-state index in [1.807, 2.05) is 20.8 Å². The topological polar surface area (TPSA) is 60.7 Å². The lowest BCUT2D eigenvalue weighted by Crippen LogP contribution is -2.46. The molecule has 0 rings (SSSR count). The number of rotatable bonds is 5. The molecule has 3 N–H and O–H groups in total. The van der Waals surface area contributed by atoms with Crippen LogP contribution in [0.15, 0.2) is 0 Å². The van der Waals surface area contributed by atoms with Gasteiger partial charge in [-0.25, -0.2) is 0 Å². The van der Waals surface area contributed by atoms with E-state index < -0.39 is 5.41 Å². The highest BCUT2D eigenvalue weighted by atomic mass is 16.3. The number of hydrogen-bond donors (Lipinski definition) is 3. The molecule has 12 heavy (non-hydrogen) atoms. The van der Waals surface area contributed by atoms with Crippen LogP contribution in [0, 0.1) is 10.8 Å². The van der Waals surface area contributed by atoms with Gasteiger partial charge >= 0.3 is 0 Å². The summed E-state index contributed by atoms with van der Waals surface area (Å²) in [5.74, 6) is 0. The standard InChI is InChI=1S/C9H20O3/c1-4-8(2,3)9(5-10,6-11)7-12/h10-12H,4-7H2,1-3H3. The maximum Gasteiger partial charge on any atom is 0.0536 e. The molecule has 3 nitrogen and oxygen atoms in total. The third-order valence-electron chi connectivity index (χ3n) is 3.23. The average Bonchev–Trinajstić information content (AvgIpc) is 2.08. The van der Waals surface area contributed by atoms with Gasteiger partial charge < -0.3 is 15.3 Å². The second kappa shape index (κ2) is 4.21. The Morgan fingerprint density at radius 3 is 1.33 bits per heavy atom. The molecule has 0 unspecified atom stereocenters. The molecule has 0 bridgehead atoms. The zero-order chi connectivity index (χ0) is 9.83. The fourth-order valence-corrected chi connectivity index (χ4v) is 1.17. The fraction of sp³-hybridized carbons (Fsp3) is 1.00. The van der Waals surface area contributed by atoms with E-state index in [9.17, 15) is 0 Å². The Bertz CT molecular complexity index is 119. The van der Waals surface area contributed by atoms with Gasteiger partial charge in [0.15, 0.2) is 0 Å². The summed E-state index contributed by atoms with van der Waals surface area (Å²) in [6.07, 6.45) is 0.814. The molecule has 0 amide bonds. The van der Waals surface area contributed by atoms with Gasteiger partial charge in [0.2, 0.25) is 0 Å². The molecule has 0 heterocycles. The highest BCUT2D eigenvalue weighted by Crippen LogP contribution is 2.40. The van der Waals surface area contributed by atoms with E-state index in [0.29, 0.717) is 0 Å². The van der Waals surface area contributed by atoms with Crippen molar-refractivity contribution in [3.05, 3.63) is 0 Å². The zero-order valence-corrected chi connectivity index (χ0v) is 8.17. The summed E-state index contributed by atoms with van der Waals surface area (Å²) in [7, 11) is 0. The minimum atomic E-state index is -0.762. The molecular formula is C9H20O3. The molecule has 0 aromatic heterocycles. The van der Waals surface area contributed by atoms with Crippen molar-refractivity contribution in [1.82, 2.24) is 0 Å². The van der Waals surface area contributed by atoms with E-state index in [0.717, 1.165) is 6.42 Å². The molecule has 3 heteroatoms. The molecule has 0 saturated heterocycles. The lowest BCUT2D eigenvalue weighted by Gasteiger charge is -2.42. The number of hydrogen-bond acceptors (Lipinski definition) is 3. The first kappa shape index (κ1) is 11.9. The minimum Gasteiger partial charge on any atom is -0.396 e. The van der Waals surface area contributed by atoms with Crippen LogP contribution in [-0.2, 0) is 0 Å². The van der Waals surface area contributed by atoms with Crippen molar-refractivity contribution in [2.24, 2.45) is 10.8 Å². The third-order valence-corrected chi connectivity index (χ3v) is 3.23. The number of aliphatic hydroxyl groups excluding tert-OH is 3. The first-order valence-electron chi connectivity index (χ1n) is 4.32. The summed E-state index contributed by atoms with van der Waals surface area (Å²) in [4.78, 5) is 0. The lowest BCUT2D eigenvalue weighted by molar-refractivity contribution is -0.0794. The fourth-order valence-electron chi connectivity index (χ4n) is 1.17. The molecule has 0 spiro atoms. The Morgan fingerprint density at radius 2 is 1.25 bits per heavy atom. The lowest BCUT2D eigenvalue weighted by atomic mass is 9.65. The smallest absolute Gasteiger partial charge is 0.0536 e. The molecule has 0 fully saturated rings. The molecular weight excluding hydrogens is 156 g/mol. The van der Waals surface area contributed by atoms with Gasteiger partial charge in [0.05, 0.1) is 19.8 Å². The van der Waals surface area contributed by atoms with Gasteiger partial charge in [0, 0.05) is 5.41 Å². The molecule has 0 aliphatic rings. The predicted octanol–water partition coefficient (Wildman–Crippen LogP) is 0.386. The summed E-state index contributed by atoms with van der Waals surface area (Å²) in [5, 5.41) is 27.4. The van der Waals surface area contributed by atoms with Crippen molar-refractivity contribution in [3.8, 4) is 0 Å². The van der Waals surface area contributed by atoms with Crippen molar-refractivity contribution in [2.75, 3.05) is 19.8 Å². The van der Waals surface area contributed by atoms with E-state index in [1.165, 1.54) is 0 Å². The summed E-state index contributed by atoms with van der Waals surface area (Å²) in [6.45, 7) is 5.32. The van der Waals surface area contributed by atoms with Crippen LogP contribution in [0.2, 0.25) is 0 Å². The average molecular weight is 176 g/mol. The first-order chi connectivity index (χ1) is 5.49. The first-order valence-corrected chi connectivity index (χ1v) is 4.32. The van der Waals surface area contributed by atoms with Crippen LogP contribution < -0.4 is 0 Å². The van der Waals surface area contributed by atoms with Crippen LogP contribution in [0.3, 0.4) is 0 Å². The molecule has 0 aromatic rings. The largest absolute Gasteiger partial charge is 0.396 e. The van der Waals surface area contributed by atoms with Crippen molar-refractivity contribution >= 4 is 0 Å². The molecule has 0 atom stereocenters. The van der Waals surface area contributed by atoms with Crippen molar-refractivity contribution in [3.63, 3.8) is 0 Å². The second-order valence-corrected chi connectivity index (χ2v) is 3.99. The van der Waals surface area contributed by atoms with Gasteiger partial charge in [-0.2, -0.15) is 0 Å². The monoisotopic (exact) mass is 176 g/mol. The third kappa shape index (κ3) is 1.79. The van der Waals surface area contributed by atoms with Crippen molar-refractivity contribution < 1.29 is 15.3 Å². The van der Waals surface area contributed by atoms with Gasteiger partial charge in [-0.3, -0.25) is 0 Å². The van der Waals surface area contributed by atoms with Crippen LogP contribution in [-0.4, -0.2) is 35.1 Å². The highest BCUT2D eigenvalue weighted by molar-refractivity contribution is 4.90. The van der Waals surface area contributed by atoms with Gasteiger partial charge in [-0.1, -0.05) is 27.2 Å². The highest BCUT2D eigenvalue weighted by Gasteiger charge is 2.42. The zero-order valence-electron chi connectivity index (χ0n) is 8.17. The predicted molar refractivity (Wildman–Crippen MR) is 47.8 cm³/mol. The van der Waals surface area contributed by atoms with Crippen molar-refractivity contribution in [2.45, 2.75) is 27.2 Å². The van der Waals surface area contributed by atoms with Gasteiger partial charge in [-0.15, -0.1) is 0 Å². The Balaban J connectivity index is 4.69. The summed E-state index contributed by atoms with van der Waals surface area (Å²) in [5.41, 5.74) is -1.01. The molecule has 0 saturated carbocycles. The summed E-state index contributed by atoms with van der Waals surface area (Å²) < 4.78 is 0.